The molecule has 0 bridgehead atoms. The van der Waals surface area contributed by atoms with Crippen LogP contribution in [0.2, 0.25) is 0 Å². The Hall–Kier alpha value is -0.200. The standard InChI is InChI=1S/C11H28N5/c1-6-7-10(13,14)11(15,16)8(2,3)9(4,5)12/h1,6-7,12-16H2,2-5H3. The molecule has 0 aliphatic rings. The number of nitrogens with two attached hydrogens (primary N) is 5. The van der Waals surface area contributed by atoms with Gasteiger partial charge in [-0.1, -0.05) is 27.2 Å². The normalized spacial score (nSPS) is 15.4. The van der Waals surface area contributed by atoms with Crippen LogP contribution in [0.5, 0.6) is 0 Å². The van der Waals surface area contributed by atoms with Crippen molar-refractivity contribution in [2.45, 2.75) is 57.4 Å². The molecule has 10 N–H and O–H groups in total. The summed E-state index contributed by atoms with van der Waals surface area (Å²) in [6, 6.07) is 0. The Morgan fingerprint density at radius 3 is 1.50 bits per heavy atom. The van der Waals surface area contributed by atoms with E-state index >= 15 is 0 Å². The monoisotopic (exact) mass is 230 g/mol. The summed E-state index contributed by atoms with van der Waals surface area (Å²) in [4.78, 5) is 0. The third-order valence-corrected chi connectivity index (χ3v) is 4.01. The Bertz CT molecular complexity index is 237. The first-order valence-corrected chi connectivity index (χ1v) is 5.55. The molecule has 0 atom stereocenters. The second kappa shape index (κ2) is 4.23. The summed E-state index contributed by atoms with van der Waals surface area (Å²) in [6.45, 7) is 11.2. The van der Waals surface area contributed by atoms with E-state index in [1.165, 1.54) is 0 Å². The predicted molar refractivity (Wildman–Crippen MR) is 68.9 cm³/mol. The van der Waals surface area contributed by atoms with E-state index in [0.717, 1.165) is 0 Å². The summed E-state index contributed by atoms with van der Waals surface area (Å²) in [5.74, 6) is 0. The van der Waals surface area contributed by atoms with Gasteiger partial charge >= 0.3 is 0 Å². The lowest BCUT2D eigenvalue weighted by Crippen LogP contribution is -2.84. The molecule has 5 heteroatoms. The zero-order chi connectivity index (χ0) is 13.4. The largest absolute Gasteiger partial charge is 0.325 e. The van der Waals surface area contributed by atoms with E-state index in [9.17, 15) is 0 Å². The smallest absolute Gasteiger partial charge is 0.103 e. The van der Waals surface area contributed by atoms with Crippen LogP contribution in [0.4, 0.5) is 0 Å². The maximum absolute atomic E-state index is 6.16. The molecule has 0 rings (SSSR count). The molecule has 0 heterocycles. The second-order valence-electron chi connectivity index (χ2n) is 5.86. The first-order valence-electron chi connectivity index (χ1n) is 5.55. The lowest BCUT2D eigenvalue weighted by molar-refractivity contribution is 0.0173. The van der Waals surface area contributed by atoms with Crippen molar-refractivity contribution in [3.63, 3.8) is 0 Å². The van der Waals surface area contributed by atoms with Crippen LogP contribution in [0.1, 0.15) is 40.5 Å². The molecular weight excluding hydrogens is 202 g/mol. The van der Waals surface area contributed by atoms with Gasteiger partial charge in [0.15, 0.2) is 0 Å². The van der Waals surface area contributed by atoms with Gasteiger partial charge in [0.05, 0.1) is 5.66 Å². The summed E-state index contributed by atoms with van der Waals surface area (Å²) in [5, 5.41) is 0. The zero-order valence-corrected chi connectivity index (χ0v) is 11.0. The predicted octanol–water partition coefficient (Wildman–Crippen LogP) is -0.408. The molecule has 0 aromatic carbocycles. The van der Waals surface area contributed by atoms with E-state index in [0.29, 0.717) is 12.8 Å². The lowest BCUT2D eigenvalue weighted by Gasteiger charge is -2.55. The van der Waals surface area contributed by atoms with Crippen LogP contribution in [0, 0.1) is 12.3 Å². The van der Waals surface area contributed by atoms with Crippen molar-refractivity contribution in [3.8, 4) is 0 Å². The highest BCUT2D eigenvalue weighted by Gasteiger charge is 2.55. The van der Waals surface area contributed by atoms with E-state index in [4.69, 9.17) is 28.7 Å². The van der Waals surface area contributed by atoms with Gasteiger partial charge in [-0.15, -0.1) is 0 Å². The summed E-state index contributed by atoms with van der Waals surface area (Å²) < 4.78 is 0. The molecular formula is C11H28N5. The highest BCUT2D eigenvalue weighted by atomic mass is 15.2. The second-order valence-corrected chi connectivity index (χ2v) is 5.86. The van der Waals surface area contributed by atoms with E-state index < -0.39 is 22.3 Å². The summed E-state index contributed by atoms with van der Waals surface area (Å²) in [5.41, 5.74) is 26.8. The summed E-state index contributed by atoms with van der Waals surface area (Å²) in [6.07, 6.45) is 1.02. The fourth-order valence-corrected chi connectivity index (χ4v) is 1.61. The van der Waals surface area contributed by atoms with Crippen LogP contribution < -0.4 is 28.7 Å². The first kappa shape index (κ1) is 15.8. The van der Waals surface area contributed by atoms with Crippen molar-refractivity contribution < 1.29 is 0 Å². The van der Waals surface area contributed by atoms with Crippen LogP contribution in [0.3, 0.4) is 0 Å². The number of hydrogen-bond donors (Lipinski definition) is 5. The molecule has 0 saturated heterocycles. The SMILES string of the molecule is [CH2]CCC(N)(N)C(N)(N)C(C)(C)C(C)(C)N. The Labute approximate surface area is 99.1 Å². The zero-order valence-electron chi connectivity index (χ0n) is 11.0. The molecule has 0 aromatic heterocycles. The van der Waals surface area contributed by atoms with Gasteiger partial charge < -0.3 is 28.7 Å². The highest BCUT2D eigenvalue weighted by Crippen LogP contribution is 2.39. The molecule has 0 unspecified atom stereocenters. The van der Waals surface area contributed by atoms with Gasteiger partial charge in [0, 0.05) is 11.0 Å². The van der Waals surface area contributed by atoms with Crippen LogP contribution >= 0.6 is 0 Å². The maximum atomic E-state index is 6.16. The molecule has 0 saturated carbocycles. The van der Waals surface area contributed by atoms with Gasteiger partial charge in [-0.3, -0.25) is 0 Å². The molecule has 0 amide bonds. The minimum Gasteiger partial charge on any atom is -0.325 e. The quantitative estimate of drug-likeness (QED) is 0.410. The van der Waals surface area contributed by atoms with Crippen molar-refractivity contribution in [2.75, 3.05) is 0 Å². The van der Waals surface area contributed by atoms with E-state index in [-0.39, 0.29) is 0 Å². The molecule has 0 spiro atoms. The molecule has 97 valence electrons. The maximum Gasteiger partial charge on any atom is 0.103 e. The van der Waals surface area contributed by atoms with Crippen molar-refractivity contribution in [1.82, 2.24) is 0 Å². The fraction of sp³-hybridized carbons (Fsp3) is 0.909. The lowest BCUT2D eigenvalue weighted by atomic mass is 9.62. The van der Waals surface area contributed by atoms with Gasteiger partial charge in [0.2, 0.25) is 0 Å². The average molecular weight is 230 g/mol. The van der Waals surface area contributed by atoms with Gasteiger partial charge in [-0.25, -0.2) is 0 Å². The van der Waals surface area contributed by atoms with Gasteiger partial charge in [0.25, 0.3) is 0 Å². The molecule has 1 radical (unpaired) electrons. The van der Waals surface area contributed by atoms with Crippen LogP contribution in [-0.2, 0) is 0 Å². The molecule has 0 aliphatic carbocycles. The third-order valence-electron chi connectivity index (χ3n) is 4.01. The highest BCUT2D eigenvalue weighted by molar-refractivity contribution is 5.13. The molecule has 0 aromatic rings. The molecule has 0 aliphatic heterocycles. The van der Waals surface area contributed by atoms with Gasteiger partial charge in [-0.2, -0.15) is 0 Å². The Kier molecular flexibility index (Phi) is 4.18. The summed E-state index contributed by atoms with van der Waals surface area (Å²) in [7, 11) is 0. The summed E-state index contributed by atoms with van der Waals surface area (Å²) >= 11 is 0. The Morgan fingerprint density at radius 1 is 0.875 bits per heavy atom. The van der Waals surface area contributed by atoms with E-state index in [1.807, 2.05) is 27.7 Å². The Balaban J connectivity index is 5.34. The third kappa shape index (κ3) is 2.38. The average Bonchev–Trinajstić information content (AvgIpc) is 2.01. The number of hydrogen-bond acceptors (Lipinski definition) is 5. The van der Waals surface area contributed by atoms with Crippen LogP contribution in [0.25, 0.3) is 0 Å². The molecule has 0 fully saturated rings. The van der Waals surface area contributed by atoms with Crippen molar-refractivity contribution >= 4 is 0 Å². The Morgan fingerprint density at radius 2 is 1.25 bits per heavy atom. The minimum absolute atomic E-state index is 0.444. The van der Waals surface area contributed by atoms with Crippen LogP contribution in [-0.4, -0.2) is 16.9 Å². The van der Waals surface area contributed by atoms with Crippen molar-refractivity contribution in [2.24, 2.45) is 34.1 Å². The van der Waals surface area contributed by atoms with Crippen molar-refractivity contribution in [3.05, 3.63) is 6.92 Å². The molecule has 5 nitrogen and oxygen atoms in total. The van der Waals surface area contributed by atoms with Crippen molar-refractivity contribution in [1.29, 1.82) is 0 Å². The number of rotatable bonds is 5. The minimum atomic E-state index is -1.28. The van der Waals surface area contributed by atoms with Gasteiger partial charge in [-0.05, 0) is 20.3 Å². The topological polar surface area (TPSA) is 130 Å². The van der Waals surface area contributed by atoms with E-state index in [1.54, 1.807) is 0 Å². The van der Waals surface area contributed by atoms with Gasteiger partial charge in [0.1, 0.15) is 5.66 Å². The fourth-order valence-electron chi connectivity index (χ4n) is 1.61. The van der Waals surface area contributed by atoms with Crippen LogP contribution in [0.15, 0.2) is 0 Å². The first-order chi connectivity index (χ1) is 6.81. The molecule has 16 heavy (non-hydrogen) atoms. The van der Waals surface area contributed by atoms with E-state index in [2.05, 4.69) is 6.92 Å².